The molecule has 3 unspecified atom stereocenters. The van der Waals surface area contributed by atoms with E-state index in [0.29, 0.717) is 5.41 Å². The fraction of sp³-hybridized carbons (Fsp3) is 1.00. The first kappa shape index (κ1) is 11.8. The molecule has 0 aromatic heterocycles. The van der Waals surface area contributed by atoms with Crippen molar-refractivity contribution in [1.82, 2.24) is 5.32 Å². The van der Waals surface area contributed by atoms with Crippen molar-refractivity contribution >= 4 is 11.8 Å². The molecule has 1 aliphatic heterocycles. The molecule has 0 bridgehead atoms. The number of hydrogen-bond acceptors (Lipinski definition) is 2. The van der Waals surface area contributed by atoms with Gasteiger partial charge in [-0.25, -0.2) is 0 Å². The van der Waals surface area contributed by atoms with E-state index in [1.165, 1.54) is 37.9 Å². The Kier molecular flexibility index (Phi) is 3.67. The molecule has 0 radical (unpaired) electrons. The molecular formula is C13H25NS. The lowest BCUT2D eigenvalue weighted by Gasteiger charge is -2.41. The topological polar surface area (TPSA) is 12.0 Å². The van der Waals surface area contributed by atoms with E-state index in [1.807, 2.05) is 0 Å². The van der Waals surface area contributed by atoms with Gasteiger partial charge in [0.1, 0.15) is 0 Å². The van der Waals surface area contributed by atoms with Crippen LogP contribution in [0.2, 0.25) is 0 Å². The zero-order valence-corrected chi connectivity index (χ0v) is 11.2. The molecule has 88 valence electrons. The van der Waals surface area contributed by atoms with Crippen molar-refractivity contribution in [3.05, 3.63) is 0 Å². The molecule has 3 atom stereocenters. The molecule has 0 amide bonds. The van der Waals surface area contributed by atoms with Gasteiger partial charge >= 0.3 is 0 Å². The van der Waals surface area contributed by atoms with Crippen LogP contribution in [0.25, 0.3) is 0 Å². The van der Waals surface area contributed by atoms with Gasteiger partial charge in [-0.2, -0.15) is 11.8 Å². The Labute approximate surface area is 98.8 Å². The van der Waals surface area contributed by atoms with Gasteiger partial charge in [0.25, 0.3) is 0 Å². The molecule has 1 aliphatic carbocycles. The summed E-state index contributed by atoms with van der Waals surface area (Å²) in [6.07, 6.45) is 7.02. The SMILES string of the molecule is CC1SCCC1NC1CCCCC1(C)C. The maximum Gasteiger partial charge on any atom is 0.0194 e. The second-order valence-corrected chi connectivity index (χ2v) is 7.41. The maximum atomic E-state index is 3.94. The highest BCUT2D eigenvalue weighted by atomic mass is 32.2. The molecule has 2 heteroatoms. The van der Waals surface area contributed by atoms with Crippen molar-refractivity contribution in [3.8, 4) is 0 Å². The Morgan fingerprint density at radius 1 is 1.20 bits per heavy atom. The lowest BCUT2D eigenvalue weighted by molar-refractivity contribution is 0.155. The lowest BCUT2D eigenvalue weighted by atomic mass is 9.73. The minimum absolute atomic E-state index is 0.519. The highest BCUT2D eigenvalue weighted by molar-refractivity contribution is 8.00. The summed E-state index contributed by atoms with van der Waals surface area (Å²) >= 11 is 2.13. The molecule has 2 rings (SSSR count). The summed E-state index contributed by atoms with van der Waals surface area (Å²) in [5.74, 6) is 1.35. The van der Waals surface area contributed by atoms with Gasteiger partial charge in [0, 0.05) is 17.3 Å². The summed E-state index contributed by atoms with van der Waals surface area (Å²) in [6, 6.07) is 1.54. The van der Waals surface area contributed by atoms with Crippen LogP contribution in [-0.4, -0.2) is 23.1 Å². The molecule has 1 saturated heterocycles. The first-order chi connectivity index (χ1) is 7.09. The van der Waals surface area contributed by atoms with Gasteiger partial charge in [-0.15, -0.1) is 0 Å². The predicted molar refractivity (Wildman–Crippen MR) is 69.5 cm³/mol. The summed E-state index contributed by atoms with van der Waals surface area (Å²) in [5, 5.41) is 4.76. The average Bonchev–Trinajstić information content (AvgIpc) is 2.56. The second kappa shape index (κ2) is 4.67. The molecule has 1 heterocycles. The highest BCUT2D eigenvalue weighted by Crippen LogP contribution is 2.37. The number of nitrogens with one attached hydrogen (secondary N) is 1. The van der Waals surface area contributed by atoms with Crippen LogP contribution in [0.5, 0.6) is 0 Å². The number of thioether (sulfide) groups is 1. The van der Waals surface area contributed by atoms with E-state index in [9.17, 15) is 0 Å². The summed E-state index contributed by atoms with van der Waals surface area (Å²) in [4.78, 5) is 0. The molecule has 1 nitrogen and oxygen atoms in total. The van der Waals surface area contributed by atoms with Crippen molar-refractivity contribution in [3.63, 3.8) is 0 Å². The molecule has 2 aliphatic rings. The quantitative estimate of drug-likeness (QED) is 0.775. The van der Waals surface area contributed by atoms with Crippen LogP contribution in [0.3, 0.4) is 0 Å². The third-order valence-electron chi connectivity index (χ3n) is 4.30. The van der Waals surface area contributed by atoms with E-state index in [0.717, 1.165) is 17.3 Å². The Morgan fingerprint density at radius 3 is 2.60 bits per heavy atom. The molecule has 1 N–H and O–H groups in total. The molecule has 2 fully saturated rings. The number of rotatable bonds is 2. The van der Waals surface area contributed by atoms with E-state index >= 15 is 0 Å². The van der Waals surface area contributed by atoms with Crippen LogP contribution >= 0.6 is 11.8 Å². The third kappa shape index (κ3) is 2.71. The van der Waals surface area contributed by atoms with Crippen molar-refractivity contribution in [1.29, 1.82) is 0 Å². The van der Waals surface area contributed by atoms with Gasteiger partial charge in [0.15, 0.2) is 0 Å². The first-order valence-corrected chi connectivity index (χ1v) is 7.52. The van der Waals surface area contributed by atoms with Gasteiger partial charge in [0.2, 0.25) is 0 Å². The third-order valence-corrected chi connectivity index (χ3v) is 5.62. The summed E-state index contributed by atoms with van der Waals surface area (Å²) in [5.41, 5.74) is 0.519. The smallest absolute Gasteiger partial charge is 0.0194 e. The summed E-state index contributed by atoms with van der Waals surface area (Å²) < 4.78 is 0. The van der Waals surface area contributed by atoms with Crippen molar-refractivity contribution < 1.29 is 0 Å². The lowest BCUT2D eigenvalue weighted by Crippen LogP contribution is -2.50. The Balaban J connectivity index is 1.92. The largest absolute Gasteiger partial charge is 0.310 e. The molecule has 1 saturated carbocycles. The minimum atomic E-state index is 0.519. The van der Waals surface area contributed by atoms with E-state index in [-0.39, 0.29) is 0 Å². The van der Waals surface area contributed by atoms with Crippen LogP contribution < -0.4 is 5.32 Å². The van der Waals surface area contributed by atoms with Gasteiger partial charge in [-0.05, 0) is 30.4 Å². The average molecular weight is 227 g/mol. The Bertz CT molecular complexity index is 215. The van der Waals surface area contributed by atoms with Crippen molar-refractivity contribution in [2.75, 3.05) is 5.75 Å². The summed E-state index contributed by atoms with van der Waals surface area (Å²) in [6.45, 7) is 7.26. The summed E-state index contributed by atoms with van der Waals surface area (Å²) in [7, 11) is 0. The Morgan fingerprint density at radius 2 is 2.00 bits per heavy atom. The van der Waals surface area contributed by atoms with Crippen LogP contribution in [0.1, 0.15) is 52.9 Å². The first-order valence-electron chi connectivity index (χ1n) is 6.47. The van der Waals surface area contributed by atoms with Crippen LogP contribution in [0.4, 0.5) is 0 Å². The second-order valence-electron chi connectivity index (χ2n) is 5.92. The predicted octanol–water partition coefficient (Wildman–Crippen LogP) is 3.44. The standard InChI is InChI=1S/C13H25NS/c1-10-11(7-9-15-10)14-12-6-4-5-8-13(12,2)3/h10-12,14H,4-9H2,1-3H3. The van der Waals surface area contributed by atoms with Crippen molar-refractivity contribution in [2.24, 2.45) is 5.41 Å². The Hall–Kier alpha value is 0.310. The van der Waals surface area contributed by atoms with E-state index in [2.05, 4.69) is 37.8 Å². The van der Waals surface area contributed by atoms with E-state index in [1.54, 1.807) is 0 Å². The fourth-order valence-corrected chi connectivity index (χ4v) is 4.22. The molecule has 0 aromatic carbocycles. The van der Waals surface area contributed by atoms with Crippen LogP contribution in [0, 0.1) is 5.41 Å². The minimum Gasteiger partial charge on any atom is -0.310 e. The van der Waals surface area contributed by atoms with E-state index in [4.69, 9.17) is 0 Å². The van der Waals surface area contributed by atoms with Crippen molar-refractivity contribution in [2.45, 2.75) is 70.2 Å². The normalized spacial score (nSPS) is 40.6. The molecule has 15 heavy (non-hydrogen) atoms. The van der Waals surface area contributed by atoms with Crippen LogP contribution in [0.15, 0.2) is 0 Å². The van der Waals surface area contributed by atoms with Gasteiger partial charge < -0.3 is 5.32 Å². The van der Waals surface area contributed by atoms with Gasteiger partial charge in [-0.3, -0.25) is 0 Å². The highest BCUT2D eigenvalue weighted by Gasteiger charge is 2.35. The zero-order chi connectivity index (χ0) is 10.9. The van der Waals surface area contributed by atoms with Gasteiger partial charge in [0.05, 0.1) is 0 Å². The van der Waals surface area contributed by atoms with Gasteiger partial charge in [-0.1, -0.05) is 33.6 Å². The van der Waals surface area contributed by atoms with Crippen LogP contribution in [-0.2, 0) is 0 Å². The van der Waals surface area contributed by atoms with E-state index < -0.39 is 0 Å². The molecular weight excluding hydrogens is 202 g/mol. The maximum absolute atomic E-state index is 3.94. The molecule has 0 spiro atoms. The number of hydrogen-bond donors (Lipinski definition) is 1. The molecule has 0 aromatic rings. The monoisotopic (exact) mass is 227 g/mol. The zero-order valence-electron chi connectivity index (χ0n) is 10.4. The fourth-order valence-electron chi connectivity index (χ4n) is 3.01.